The van der Waals surface area contributed by atoms with E-state index in [1.54, 1.807) is 0 Å². The Morgan fingerprint density at radius 3 is 2.21 bits per heavy atom. The van der Waals surface area contributed by atoms with Crippen LogP contribution in [0.3, 0.4) is 0 Å². The van der Waals surface area contributed by atoms with Gasteiger partial charge in [0.25, 0.3) is 0 Å². The minimum Gasteiger partial charge on any atom is -0.390 e. The summed E-state index contributed by atoms with van der Waals surface area (Å²) in [5.41, 5.74) is -0.922. The Bertz CT molecular complexity index is 286. The molecule has 2 atom stereocenters. The first-order valence-corrected chi connectivity index (χ1v) is 5.82. The van der Waals surface area contributed by atoms with Crippen molar-refractivity contribution >= 4 is 16.8 Å². The van der Waals surface area contributed by atoms with Crippen molar-refractivity contribution in [2.75, 3.05) is 0 Å². The van der Waals surface area contributed by atoms with Gasteiger partial charge in [0.1, 0.15) is 0 Å². The number of hydrogen-bond acceptors (Lipinski definition) is 2. The molecule has 4 rings (SSSR count). The van der Waals surface area contributed by atoms with Gasteiger partial charge in [0.05, 0.1) is 5.60 Å². The Kier molecular flexibility index (Phi) is 1.66. The second-order valence-electron chi connectivity index (χ2n) is 5.74. The molecule has 4 fully saturated rings. The average molecular weight is 215 g/mol. The van der Waals surface area contributed by atoms with Crippen molar-refractivity contribution in [3.63, 3.8) is 0 Å². The molecule has 1 N–H and O–H groups in total. The van der Waals surface area contributed by atoms with Crippen molar-refractivity contribution in [1.29, 1.82) is 0 Å². The van der Waals surface area contributed by atoms with Crippen LogP contribution in [-0.4, -0.2) is 16.0 Å². The van der Waals surface area contributed by atoms with Crippen molar-refractivity contribution in [1.82, 2.24) is 0 Å². The van der Waals surface area contributed by atoms with E-state index in [0.29, 0.717) is 18.3 Å². The van der Waals surface area contributed by atoms with Gasteiger partial charge in [-0.25, -0.2) is 0 Å². The van der Waals surface area contributed by atoms with E-state index in [9.17, 15) is 9.90 Å². The molecule has 2 unspecified atom stereocenters. The fourth-order valence-electron chi connectivity index (χ4n) is 4.44. The van der Waals surface area contributed by atoms with E-state index < -0.39 is 5.60 Å². The standard InChI is InChI=1S/C11H15ClO2/c12-9(13)10-2-7-1-8(3-10)5-11(14,4-7)6-10/h7-8,14H,1-6H2. The lowest BCUT2D eigenvalue weighted by atomic mass is 9.48. The third-order valence-corrected chi connectivity index (χ3v) is 4.85. The van der Waals surface area contributed by atoms with Crippen LogP contribution >= 0.6 is 11.6 Å². The fourth-order valence-corrected chi connectivity index (χ4v) is 4.67. The highest BCUT2D eigenvalue weighted by atomic mass is 35.5. The summed E-state index contributed by atoms with van der Waals surface area (Å²) in [6, 6.07) is 0. The summed E-state index contributed by atoms with van der Waals surface area (Å²) in [4.78, 5) is 11.5. The van der Waals surface area contributed by atoms with Gasteiger partial charge < -0.3 is 5.11 Å². The van der Waals surface area contributed by atoms with E-state index >= 15 is 0 Å². The van der Waals surface area contributed by atoms with Crippen LogP contribution in [0, 0.1) is 17.3 Å². The van der Waals surface area contributed by atoms with Gasteiger partial charge in [-0.1, -0.05) is 0 Å². The molecular formula is C11H15ClO2. The second-order valence-corrected chi connectivity index (χ2v) is 6.08. The number of rotatable bonds is 1. The van der Waals surface area contributed by atoms with Gasteiger partial charge in [-0.05, 0) is 62.0 Å². The van der Waals surface area contributed by atoms with E-state index in [4.69, 9.17) is 11.6 Å². The lowest BCUT2D eigenvalue weighted by Crippen LogP contribution is -2.57. The van der Waals surface area contributed by atoms with Crippen LogP contribution in [0.4, 0.5) is 0 Å². The maximum Gasteiger partial charge on any atom is 0.227 e. The monoisotopic (exact) mass is 214 g/mol. The number of carbonyl (C=O) groups excluding carboxylic acids is 1. The van der Waals surface area contributed by atoms with Gasteiger partial charge >= 0.3 is 0 Å². The van der Waals surface area contributed by atoms with Crippen molar-refractivity contribution in [3.8, 4) is 0 Å². The molecule has 14 heavy (non-hydrogen) atoms. The van der Waals surface area contributed by atoms with Gasteiger partial charge in [0.2, 0.25) is 5.24 Å². The minimum absolute atomic E-state index is 0.204. The first-order chi connectivity index (χ1) is 6.51. The summed E-state index contributed by atoms with van der Waals surface area (Å²) in [7, 11) is 0. The molecule has 0 heterocycles. The van der Waals surface area contributed by atoms with Gasteiger partial charge in [-0.3, -0.25) is 4.79 Å². The molecule has 0 spiro atoms. The zero-order valence-electron chi connectivity index (χ0n) is 8.13. The molecule has 78 valence electrons. The maximum atomic E-state index is 11.5. The maximum absolute atomic E-state index is 11.5. The third kappa shape index (κ3) is 1.10. The van der Waals surface area contributed by atoms with Gasteiger partial charge in [-0.15, -0.1) is 0 Å². The molecule has 0 aromatic carbocycles. The first-order valence-electron chi connectivity index (χ1n) is 5.44. The third-order valence-electron chi connectivity index (χ3n) is 4.45. The average Bonchev–Trinajstić information content (AvgIpc) is 1.98. The van der Waals surface area contributed by atoms with E-state index in [1.165, 1.54) is 6.42 Å². The van der Waals surface area contributed by atoms with E-state index in [-0.39, 0.29) is 10.7 Å². The number of aliphatic hydroxyl groups is 1. The van der Waals surface area contributed by atoms with E-state index in [2.05, 4.69) is 0 Å². The quantitative estimate of drug-likeness (QED) is 0.679. The molecule has 3 heteroatoms. The largest absolute Gasteiger partial charge is 0.390 e. The molecule has 0 aromatic rings. The Labute approximate surface area is 88.6 Å². The van der Waals surface area contributed by atoms with Crippen LogP contribution in [0.2, 0.25) is 0 Å². The molecule has 0 saturated heterocycles. The minimum atomic E-state index is -0.561. The van der Waals surface area contributed by atoms with Crippen molar-refractivity contribution in [3.05, 3.63) is 0 Å². The smallest absolute Gasteiger partial charge is 0.227 e. The van der Waals surface area contributed by atoms with Crippen LogP contribution in [0.1, 0.15) is 38.5 Å². The number of carbonyl (C=O) groups is 1. The van der Waals surface area contributed by atoms with Crippen molar-refractivity contribution in [2.45, 2.75) is 44.1 Å². The molecule has 2 nitrogen and oxygen atoms in total. The Morgan fingerprint density at radius 2 is 1.79 bits per heavy atom. The van der Waals surface area contributed by atoms with Gasteiger partial charge in [-0.2, -0.15) is 0 Å². The predicted molar refractivity (Wildman–Crippen MR) is 52.9 cm³/mol. The SMILES string of the molecule is O=C(Cl)C12CC3CC(CC(O)(C3)C1)C2. The van der Waals surface area contributed by atoms with E-state index in [1.807, 2.05) is 0 Å². The molecule has 0 radical (unpaired) electrons. The van der Waals surface area contributed by atoms with Crippen LogP contribution in [0.25, 0.3) is 0 Å². The summed E-state index contributed by atoms with van der Waals surface area (Å²) in [6.07, 6.45) is 5.47. The molecule has 4 aliphatic rings. The predicted octanol–water partition coefficient (Wildman–Crippen LogP) is 2.08. The Balaban J connectivity index is 2.00. The summed E-state index contributed by atoms with van der Waals surface area (Å²) >= 11 is 5.71. The highest BCUT2D eigenvalue weighted by Crippen LogP contribution is 2.62. The lowest BCUT2D eigenvalue weighted by molar-refractivity contribution is -0.170. The molecule has 0 amide bonds. The highest BCUT2D eigenvalue weighted by Gasteiger charge is 2.59. The number of hydrogen-bond donors (Lipinski definition) is 1. The van der Waals surface area contributed by atoms with Gasteiger partial charge in [0.15, 0.2) is 0 Å². The molecule has 4 aliphatic carbocycles. The Morgan fingerprint density at radius 1 is 1.21 bits per heavy atom. The van der Waals surface area contributed by atoms with Crippen molar-refractivity contribution < 1.29 is 9.90 Å². The summed E-state index contributed by atoms with van der Waals surface area (Å²) < 4.78 is 0. The molecule has 0 aromatic heterocycles. The van der Waals surface area contributed by atoms with E-state index in [0.717, 1.165) is 25.7 Å². The molecule has 4 bridgehead atoms. The second kappa shape index (κ2) is 2.53. The highest BCUT2D eigenvalue weighted by molar-refractivity contribution is 6.64. The fraction of sp³-hybridized carbons (Fsp3) is 0.909. The molecule has 4 saturated carbocycles. The van der Waals surface area contributed by atoms with Crippen LogP contribution < -0.4 is 0 Å². The first kappa shape index (κ1) is 9.17. The van der Waals surface area contributed by atoms with Crippen molar-refractivity contribution in [2.24, 2.45) is 17.3 Å². The summed E-state index contributed by atoms with van der Waals surface area (Å²) in [6.45, 7) is 0. The van der Waals surface area contributed by atoms with Gasteiger partial charge in [0, 0.05) is 5.41 Å². The lowest BCUT2D eigenvalue weighted by Gasteiger charge is -2.58. The zero-order chi connectivity index (χ0) is 9.97. The zero-order valence-corrected chi connectivity index (χ0v) is 8.89. The summed E-state index contributed by atoms with van der Waals surface area (Å²) in [5.74, 6) is 1.09. The number of halogens is 1. The molecular weight excluding hydrogens is 200 g/mol. The van der Waals surface area contributed by atoms with Crippen LogP contribution in [0.15, 0.2) is 0 Å². The normalized spacial score (nSPS) is 55.0. The topological polar surface area (TPSA) is 37.3 Å². The Hall–Kier alpha value is -0.0800. The van der Waals surface area contributed by atoms with Crippen LogP contribution in [0.5, 0.6) is 0 Å². The molecule has 0 aliphatic heterocycles. The summed E-state index contributed by atoms with van der Waals surface area (Å²) in [5, 5.41) is 10.1. The van der Waals surface area contributed by atoms with Crippen LogP contribution in [-0.2, 0) is 4.79 Å².